The van der Waals surface area contributed by atoms with E-state index in [0.29, 0.717) is 17.5 Å². The van der Waals surface area contributed by atoms with Crippen LogP contribution >= 0.6 is 23.1 Å². The Morgan fingerprint density at radius 1 is 1.15 bits per heavy atom. The summed E-state index contributed by atoms with van der Waals surface area (Å²) >= 11 is 3.07. The molecule has 0 unspecified atom stereocenters. The van der Waals surface area contributed by atoms with Gasteiger partial charge in [-0.3, -0.25) is 4.79 Å². The van der Waals surface area contributed by atoms with Gasteiger partial charge in [-0.2, -0.15) is 0 Å². The Morgan fingerprint density at radius 3 is 2.62 bits per heavy atom. The number of carbonyl (C=O) groups excluding carboxylic acids is 1. The van der Waals surface area contributed by atoms with Crippen LogP contribution in [0.15, 0.2) is 53.0 Å². The predicted molar refractivity (Wildman–Crippen MR) is 108 cm³/mol. The maximum atomic E-state index is 12.4. The standard InChI is InChI=1S/C20H21N3OS2/c1-14-9-10-25-18(14)12-23(3)19(24)13-26-20-21-15(2)11-17(22-20)16-7-5-4-6-8-16/h4-11H,12-13H2,1-3H3. The first-order valence-corrected chi connectivity index (χ1v) is 10.2. The minimum absolute atomic E-state index is 0.0779. The normalized spacial score (nSPS) is 10.7. The molecule has 134 valence electrons. The van der Waals surface area contributed by atoms with Crippen molar-refractivity contribution in [3.05, 3.63) is 64.0 Å². The molecule has 2 heterocycles. The second kappa shape index (κ2) is 8.47. The van der Waals surface area contributed by atoms with E-state index in [0.717, 1.165) is 17.0 Å². The number of thioether (sulfide) groups is 1. The zero-order valence-corrected chi connectivity index (χ0v) is 16.7. The lowest BCUT2D eigenvalue weighted by Gasteiger charge is -2.16. The quantitative estimate of drug-likeness (QED) is 0.462. The zero-order valence-electron chi connectivity index (χ0n) is 15.1. The summed E-state index contributed by atoms with van der Waals surface area (Å²) in [6.45, 7) is 4.67. The summed E-state index contributed by atoms with van der Waals surface area (Å²) in [5.41, 5.74) is 4.07. The number of thiophene rings is 1. The highest BCUT2D eigenvalue weighted by Crippen LogP contribution is 2.22. The molecule has 1 aromatic carbocycles. The Morgan fingerprint density at radius 2 is 1.92 bits per heavy atom. The summed E-state index contributed by atoms with van der Waals surface area (Å²) < 4.78 is 0. The van der Waals surface area contributed by atoms with E-state index in [2.05, 4.69) is 28.3 Å². The van der Waals surface area contributed by atoms with Crippen LogP contribution in [0.25, 0.3) is 11.3 Å². The highest BCUT2D eigenvalue weighted by atomic mass is 32.2. The molecular weight excluding hydrogens is 362 g/mol. The zero-order chi connectivity index (χ0) is 18.5. The Hall–Kier alpha value is -2.18. The summed E-state index contributed by atoms with van der Waals surface area (Å²) in [5.74, 6) is 0.410. The monoisotopic (exact) mass is 383 g/mol. The van der Waals surface area contributed by atoms with Crippen LogP contribution in [-0.4, -0.2) is 33.6 Å². The van der Waals surface area contributed by atoms with Gasteiger partial charge in [-0.25, -0.2) is 9.97 Å². The van der Waals surface area contributed by atoms with E-state index in [-0.39, 0.29) is 5.91 Å². The van der Waals surface area contributed by atoms with Crippen molar-refractivity contribution in [1.29, 1.82) is 0 Å². The van der Waals surface area contributed by atoms with Crippen molar-refractivity contribution >= 4 is 29.0 Å². The van der Waals surface area contributed by atoms with E-state index in [1.807, 2.05) is 50.4 Å². The average molecular weight is 384 g/mol. The smallest absolute Gasteiger partial charge is 0.233 e. The molecule has 0 atom stereocenters. The average Bonchev–Trinajstić information content (AvgIpc) is 3.04. The summed E-state index contributed by atoms with van der Waals surface area (Å²) in [6, 6.07) is 14.1. The lowest BCUT2D eigenvalue weighted by Crippen LogP contribution is -2.27. The largest absolute Gasteiger partial charge is 0.340 e. The van der Waals surface area contributed by atoms with Gasteiger partial charge in [0.15, 0.2) is 5.16 Å². The fourth-order valence-corrected chi connectivity index (χ4v) is 4.27. The predicted octanol–water partition coefficient (Wildman–Crippen LogP) is 4.57. The lowest BCUT2D eigenvalue weighted by atomic mass is 10.1. The van der Waals surface area contributed by atoms with Gasteiger partial charge in [-0.05, 0) is 36.9 Å². The van der Waals surface area contributed by atoms with Crippen LogP contribution in [0.3, 0.4) is 0 Å². The maximum Gasteiger partial charge on any atom is 0.233 e. The molecule has 0 saturated heterocycles. The molecule has 6 heteroatoms. The van der Waals surface area contributed by atoms with Gasteiger partial charge in [0, 0.05) is 23.2 Å². The number of hydrogen-bond acceptors (Lipinski definition) is 5. The molecule has 0 aliphatic carbocycles. The molecule has 0 N–H and O–H groups in total. The number of hydrogen-bond donors (Lipinski definition) is 0. The molecule has 0 aliphatic heterocycles. The molecule has 1 amide bonds. The summed E-state index contributed by atoms with van der Waals surface area (Å²) in [7, 11) is 1.84. The first-order valence-electron chi connectivity index (χ1n) is 8.34. The molecule has 4 nitrogen and oxygen atoms in total. The van der Waals surface area contributed by atoms with E-state index >= 15 is 0 Å². The fourth-order valence-electron chi connectivity index (χ4n) is 2.47. The Bertz CT molecular complexity index is 893. The molecule has 0 spiro atoms. The number of rotatable bonds is 6. The summed E-state index contributed by atoms with van der Waals surface area (Å²) in [4.78, 5) is 24.5. The van der Waals surface area contributed by atoms with Crippen LogP contribution in [0.5, 0.6) is 0 Å². The molecule has 0 saturated carbocycles. The third-order valence-electron chi connectivity index (χ3n) is 4.00. The Kier molecular flexibility index (Phi) is 6.06. The van der Waals surface area contributed by atoms with Crippen molar-refractivity contribution in [2.75, 3.05) is 12.8 Å². The van der Waals surface area contributed by atoms with Gasteiger partial charge in [0.25, 0.3) is 0 Å². The summed E-state index contributed by atoms with van der Waals surface area (Å²) in [6.07, 6.45) is 0. The lowest BCUT2D eigenvalue weighted by molar-refractivity contribution is -0.127. The first-order chi connectivity index (χ1) is 12.5. The van der Waals surface area contributed by atoms with Crippen LogP contribution in [0.2, 0.25) is 0 Å². The highest BCUT2D eigenvalue weighted by molar-refractivity contribution is 7.99. The maximum absolute atomic E-state index is 12.4. The van der Waals surface area contributed by atoms with Crippen LogP contribution < -0.4 is 0 Å². The van der Waals surface area contributed by atoms with Gasteiger partial charge in [-0.15, -0.1) is 11.3 Å². The van der Waals surface area contributed by atoms with Crippen LogP contribution in [0.1, 0.15) is 16.1 Å². The number of carbonyl (C=O) groups is 1. The second-order valence-electron chi connectivity index (χ2n) is 6.11. The van der Waals surface area contributed by atoms with Crippen LogP contribution in [0, 0.1) is 13.8 Å². The molecular formula is C20H21N3OS2. The third kappa shape index (κ3) is 4.71. The topological polar surface area (TPSA) is 46.1 Å². The van der Waals surface area contributed by atoms with Crippen molar-refractivity contribution < 1.29 is 4.79 Å². The van der Waals surface area contributed by atoms with E-state index in [4.69, 9.17) is 0 Å². The van der Waals surface area contributed by atoms with Crippen molar-refractivity contribution in [3.63, 3.8) is 0 Å². The third-order valence-corrected chi connectivity index (χ3v) is 5.84. The van der Waals surface area contributed by atoms with E-state index < -0.39 is 0 Å². The van der Waals surface area contributed by atoms with Crippen LogP contribution in [-0.2, 0) is 11.3 Å². The van der Waals surface area contributed by atoms with E-state index in [1.54, 1.807) is 16.2 Å². The van der Waals surface area contributed by atoms with Gasteiger partial charge in [0.1, 0.15) is 0 Å². The van der Waals surface area contributed by atoms with Crippen molar-refractivity contribution in [3.8, 4) is 11.3 Å². The van der Waals surface area contributed by atoms with Crippen LogP contribution in [0.4, 0.5) is 0 Å². The highest BCUT2D eigenvalue weighted by Gasteiger charge is 2.13. The molecule has 0 fully saturated rings. The van der Waals surface area contributed by atoms with Gasteiger partial charge in [0.05, 0.1) is 18.0 Å². The molecule has 0 radical (unpaired) electrons. The number of nitrogens with zero attached hydrogens (tertiary/aromatic N) is 3. The Balaban J connectivity index is 1.65. The minimum atomic E-state index is 0.0779. The summed E-state index contributed by atoms with van der Waals surface area (Å²) in [5, 5.41) is 2.70. The fraction of sp³-hybridized carbons (Fsp3) is 0.250. The first kappa shape index (κ1) is 18.6. The van der Waals surface area contributed by atoms with Crippen molar-refractivity contribution in [2.45, 2.75) is 25.5 Å². The molecule has 2 aromatic heterocycles. The molecule has 0 aliphatic rings. The molecule has 26 heavy (non-hydrogen) atoms. The SMILES string of the molecule is Cc1cc(-c2ccccc2)nc(SCC(=O)N(C)Cc2sccc2C)n1. The number of aromatic nitrogens is 2. The van der Waals surface area contributed by atoms with Crippen molar-refractivity contribution in [1.82, 2.24) is 14.9 Å². The van der Waals surface area contributed by atoms with Crippen molar-refractivity contribution in [2.24, 2.45) is 0 Å². The van der Waals surface area contributed by atoms with Gasteiger partial charge in [-0.1, -0.05) is 42.1 Å². The minimum Gasteiger partial charge on any atom is -0.340 e. The number of benzene rings is 1. The van der Waals surface area contributed by atoms with Gasteiger partial charge >= 0.3 is 0 Å². The number of amides is 1. The van der Waals surface area contributed by atoms with E-state index in [1.165, 1.54) is 22.2 Å². The molecule has 0 bridgehead atoms. The molecule has 3 rings (SSSR count). The second-order valence-corrected chi connectivity index (χ2v) is 8.05. The molecule has 3 aromatic rings. The van der Waals surface area contributed by atoms with Gasteiger partial charge in [0.2, 0.25) is 5.91 Å². The number of aryl methyl sites for hydroxylation is 2. The van der Waals surface area contributed by atoms with E-state index in [9.17, 15) is 4.79 Å². The van der Waals surface area contributed by atoms with Gasteiger partial charge < -0.3 is 4.90 Å². The Labute approximate surface area is 162 Å².